The average molecular weight is 481 g/mol. The van der Waals surface area contributed by atoms with Crippen molar-refractivity contribution in [3.8, 4) is 5.88 Å². The number of nitrogens with one attached hydrogen (secondary N) is 2. The molecule has 178 valence electrons. The van der Waals surface area contributed by atoms with Crippen molar-refractivity contribution in [3.63, 3.8) is 0 Å². The lowest BCUT2D eigenvalue weighted by molar-refractivity contribution is -0.113. The van der Waals surface area contributed by atoms with Crippen LogP contribution in [0.5, 0.6) is 5.88 Å². The molecular formula is C24H28N6O3S. The second-order valence-electron chi connectivity index (χ2n) is 8.35. The Kier molecular flexibility index (Phi) is 7.19. The number of morpholine rings is 1. The maximum atomic E-state index is 11.6. The number of amides is 1. The van der Waals surface area contributed by atoms with Gasteiger partial charge in [0.15, 0.2) is 0 Å². The number of thioether (sulfide) groups is 1. The van der Waals surface area contributed by atoms with Crippen molar-refractivity contribution in [1.29, 1.82) is 0 Å². The number of aromatic nitrogens is 3. The fourth-order valence-electron chi connectivity index (χ4n) is 4.23. The molecule has 1 saturated heterocycles. The predicted octanol–water partition coefficient (Wildman–Crippen LogP) is 2.11. The molecular weight excluding hydrogens is 452 g/mol. The number of ether oxygens (including phenoxy) is 2. The van der Waals surface area contributed by atoms with Crippen molar-refractivity contribution in [2.75, 3.05) is 51.0 Å². The van der Waals surface area contributed by atoms with Crippen LogP contribution in [0.4, 0.5) is 5.82 Å². The number of methoxy groups -OCH3 is 1. The lowest BCUT2D eigenvalue weighted by Crippen LogP contribution is -2.47. The largest absolute Gasteiger partial charge is 0.481 e. The van der Waals surface area contributed by atoms with Crippen LogP contribution in [-0.4, -0.2) is 77.5 Å². The van der Waals surface area contributed by atoms with Crippen molar-refractivity contribution in [1.82, 2.24) is 25.2 Å². The van der Waals surface area contributed by atoms with Gasteiger partial charge in [-0.25, -0.2) is 9.97 Å². The van der Waals surface area contributed by atoms with E-state index in [9.17, 15) is 4.79 Å². The van der Waals surface area contributed by atoms with Crippen molar-refractivity contribution in [2.24, 2.45) is 0 Å². The maximum Gasteiger partial charge on any atom is 0.235 e. The summed E-state index contributed by atoms with van der Waals surface area (Å²) in [5, 5.41) is 6.30. The van der Waals surface area contributed by atoms with Gasteiger partial charge in [-0.05, 0) is 36.2 Å². The van der Waals surface area contributed by atoms with Gasteiger partial charge in [0, 0.05) is 45.0 Å². The molecule has 9 nitrogen and oxygen atoms in total. The minimum Gasteiger partial charge on any atom is -0.481 e. The summed E-state index contributed by atoms with van der Waals surface area (Å²) in [6, 6.07) is 9.86. The quantitative estimate of drug-likeness (QED) is 0.502. The van der Waals surface area contributed by atoms with Crippen LogP contribution >= 0.6 is 11.8 Å². The lowest BCUT2D eigenvalue weighted by atomic mass is 10.1. The van der Waals surface area contributed by atoms with E-state index in [1.165, 1.54) is 17.3 Å². The SMILES string of the molecule is COc1ccc2nccc(CCN3CCOC(CNCc4ccc5c(n4)NC(=O)CS5)C3)c2n1. The number of nitrogens with zero attached hydrogens (tertiary/aromatic N) is 4. The van der Waals surface area contributed by atoms with Gasteiger partial charge < -0.3 is 20.1 Å². The smallest absolute Gasteiger partial charge is 0.235 e. The highest BCUT2D eigenvalue weighted by molar-refractivity contribution is 8.00. The summed E-state index contributed by atoms with van der Waals surface area (Å²) in [5.41, 5.74) is 3.87. The molecule has 0 spiro atoms. The van der Waals surface area contributed by atoms with Crippen LogP contribution in [0.15, 0.2) is 41.4 Å². The highest BCUT2D eigenvalue weighted by Gasteiger charge is 2.21. The normalized spacial score (nSPS) is 18.5. The van der Waals surface area contributed by atoms with Crippen LogP contribution in [0.1, 0.15) is 11.3 Å². The number of fused-ring (bicyclic) bond motifs is 2. The Labute approximate surface area is 202 Å². The van der Waals surface area contributed by atoms with Crippen LogP contribution in [-0.2, 0) is 22.5 Å². The molecule has 1 amide bonds. The Morgan fingerprint density at radius 3 is 3.12 bits per heavy atom. The van der Waals surface area contributed by atoms with Gasteiger partial charge in [0.2, 0.25) is 11.8 Å². The fraction of sp³-hybridized carbons (Fsp3) is 0.417. The highest BCUT2D eigenvalue weighted by Crippen LogP contribution is 2.29. The molecule has 10 heteroatoms. The van der Waals surface area contributed by atoms with Crippen LogP contribution in [0.25, 0.3) is 11.0 Å². The highest BCUT2D eigenvalue weighted by atomic mass is 32.2. The monoisotopic (exact) mass is 480 g/mol. The van der Waals surface area contributed by atoms with E-state index in [-0.39, 0.29) is 12.0 Å². The zero-order valence-electron chi connectivity index (χ0n) is 19.1. The van der Waals surface area contributed by atoms with E-state index in [4.69, 9.17) is 9.47 Å². The number of anilines is 1. The third-order valence-corrected chi connectivity index (χ3v) is 7.03. The summed E-state index contributed by atoms with van der Waals surface area (Å²) < 4.78 is 11.3. The Hall–Kier alpha value is -2.79. The molecule has 2 N–H and O–H groups in total. The molecule has 2 aliphatic heterocycles. The molecule has 3 aromatic heterocycles. The summed E-state index contributed by atoms with van der Waals surface area (Å²) in [6.45, 7) is 4.81. The summed E-state index contributed by atoms with van der Waals surface area (Å²) in [4.78, 5) is 28.7. The molecule has 1 unspecified atom stereocenters. The van der Waals surface area contributed by atoms with Crippen molar-refractivity contribution in [3.05, 3.63) is 47.8 Å². The Balaban J connectivity index is 1.12. The zero-order chi connectivity index (χ0) is 23.3. The summed E-state index contributed by atoms with van der Waals surface area (Å²) in [7, 11) is 1.63. The molecule has 5 heterocycles. The number of carbonyl (C=O) groups is 1. The van der Waals surface area contributed by atoms with E-state index in [1.54, 1.807) is 7.11 Å². The Morgan fingerprint density at radius 2 is 2.21 bits per heavy atom. The molecule has 0 bridgehead atoms. The first-order chi connectivity index (χ1) is 16.7. The van der Waals surface area contributed by atoms with Gasteiger partial charge in [-0.15, -0.1) is 11.8 Å². The number of hydrogen-bond donors (Lipinski definition) is 2. The number of pyridine rings is 3. The van der Waals surface area contributed by atoms with Crippen LogP contribution in [0.3, 0.4) is 0 Å². The summed E-state index contributed by atoms with van der Waals surface area (Å²) >= 11 is 1.52. The minimum absolute atomic E-state index is 0.000452. The molecule has 5 rings (SSSR count). The average Bonchev–Trinajstić information content (AvgIpc) is 2.87. The first-order valence-corrected chi connectivity index (χ1v) is 12.4. The van der Waals surface area contributed by atoms with Gasteiger partial charge in [-0.2, -0.15) is 0 Å². The standard InChI is InChI=1S/C24H28N6O3S/c1-32-22-5-3-19-23(29-22)16(6-8-26-19)7-9-30-10-11-33-18(14-30)13-25-12-17-2-4-20-24(27-17)28-21(31)15-34-20/h2-6,8,18,25H,7,9-15H2,1H3,(H,27,28,31). The van der Waals surface area contributed by atoms with E-state index >= 15 is 0 Å². The molecule has 0 aromatic carbocycles. The summed E-state index contributed by atoms with van der Waals surface area (Å²) in [6.07, 6.45) is 2.85. The third-order valence-electron chi connectivity index (χ3n) is 5.98. The molecule has 34 heavy (non-hydrogen) atoms. The van der Waals surface area contributed by atoms with Crippen LogP contribution in [0.2, 0.25) is 0 Å². The Morgan fingerprint density at radius 1 is 1.26 bits per heavy atom. The fourth-order valence-corrected chi connectivity index (χ4v) is 4.98. The summed E-state index contributed by atoms with van der Waals surface area (Å²) in [5.74, 6) is 1.72. The van der Waals surface area contributed by atoms with Gasteiger partial charge in [0.25, 0.3) is 0 Å². The topological polar surface area (TPSA) is 102 Å². The van der Waals surface area contributed by atoms with Crippen LogP contribution in [0, 0.1) is 0 Å². The molecule has 1 fully saturated rings. The van der Waals surface area contributed by atoms with Gasteiger partial charge >= 0.3 is 0 Å². The maximum absolute atomic E-state index is 11.6. The molecule has 2 aliphatic rings. The predicted molar refractivity (Wildman–Crippen MR) is 131 cm³/mol. The van der Waals surface area contributed by atoms with E-state index in [0.29, 0.717) is 24.0 Å². The molecule has 3 aromatic rings. The first-order valence-electron chi connectivity index (χ1n) is 11.4. The van der Waals surface area contributed by atoms with E-state index in [0.717, 1.165) is 60.8 Å². The number of hydrogen-bond acceptors (Lipinski definition) is 9. The third kappa shape index (κ3) is 5.47. The molecule has 0 saturated carbocycles. The second-order valence-corrected chi connectivity index (χ2v) is 9.37. The molecule has 0 radical (unpaired) electrons. The number of carbonyl (C=O) groups excluding carboxylic acids is 1. The van der Waals surface area contributed by atoms with E-state index in [1.807, 2.05) is 36.5 Å². The zero-order valence-corrected chi connectivity index (χ0v) is 19.9. The second kappa shape index (κ2) is 10.6. The number of rotatable bonds is 8. The van der Waals surface area contributed by atoms with Crippen molar-refractivity contribution < 1.29 is 14.3 Å². The minimum atomic E-state index is 0.000452. The van der Waals surface area contributed by atoms with Gasteiger partial charge in [0.1, 0.15) is 5.82 Å². The molecule has 0 aliphatic carbocycles. The van der Waals surface area contributed by atoms with Gasteiger partial charge in [-0.3, -0.25) is 14.7 Å². The van der Waals surface area contributed by atoms with Crippen molar-refractivity contribution >= 4 is 34.5 Å². The van der Waals surface area contributed by atoms with Crippen molar-refractivity contribution in [2.45, 2.75) is 24.0 Å². The van der Waals surface area contributed by atoms with Gasteiger partial charge in [-0.1, -0.05) is 0 Å². The van der Waals surface area contributed by atoms with E-state index < -0.39 is 0 Å². The lowest BCUT2D eigenvalue weighted by Gasteiger charge is -2.33. The Bertz CT molecular complexity index is 1180. The first kappa shape index (κ1) is 23.0. The molecule has 1 atom stereocenters. The van der Waals surface area contributed by atoms with Crippen LogP contribution < -0.4 is 15.4 Å². The van der Waals surface area contributed by atoms with Gasteiger partial charge in [0.05, 0.1) is 47.2 Å². The van der Waals surface area contributed by atoms with E-state index in [2.05, 4.69) is 30.5 Å².